The van der Waals surface area contributed by atoms with E-state index >= 15 is 0 Å². The number of carbonyl (C=O) groups is 2. The number of esters is 1. The van der Waals surface area contributed by atoms with Crippen molar-refractivity contribution < 1.29 is 14.3 Å². The molecule has 0 aromatic heterocycles. The van der Waals surface area contributed by atoms with E-state index in [0.29, 0.717) is 23.6 Å². The highest BCUT2D eigenvalue weighted by molar-refractivity contribution is 6.02. The van der Waals surface area contributed by atoms with Crippen molar-refractivity contribution in [2.75, 3.05) is 5.32 Å². The Balaban J connectivity index is 1.78. The van der Waals surface area contributed by atoms with Gasteiger partial charge in [-0.15, -0.1) is 0 Å². The summed E-state index contributed by atoms with van der Waals surface area (Å²) in [6.07, 6.45) is 0.366. The molecule has 124 valence electrons. The van der Waals surface area contributed by atoms with Crippen molar-refractivity contribution in [2.45, 2.75) is 38.7 Å². The van der Waals surface area contributed by atoms with Crippen molar-refractivity contribution >= 4 is 17.6 Å². The highest BCUT2D eigenvalue weighted by atomic mass is 16.6. The molecule has 0 radical (unpaired) electrons. The summed E-state index contributed by atoms with van der Waals surface area (Å²) < 4.78 is 5.45. The molecule has 0 spiro atoms. The third-order valence-corrected chi connectivity index (χ3v) is 4.40. The zero-order chi connectivity index (χ0) is 17.3. The lowest BCUT2D eigenvalue weighted by Gasteiger charge is -2.33. The van der Waals surface area contributed by atoms with Crippen LogP contribution in [-0.4, -0.2) is 17.5 Å². The van der Waals surface area contributed by atoms with E-state index in [0.717, 1.165) is 5.56 Å². The summed E-state index contributed by atoms with van der Waals surface area (Å²) in [6, 6.07) is 15.0. The number of nitrogens with one attached hydrogen (secondary N) is 1. The van der Waals surface area contributed by atoms with Crippen LogP contribution in [0.25, 0.3) is 0 Å². The minimum absolute atomic E-state index is 0.317. The van der Waals surface area contributed by atoms with Crippen molar-refractivity contribution in [1.29, 1.82) is 0 Å². The fourth-order valence-electron chi connectivity index (χ4n) is 2.87. The molecule has 1 atom stereocenters. The molecular formula is C20H21NO3. The Morgan fingerprint density at radius 1 is 1.12 bits per heavy atom. The Hall–Kier alpha value is -2.62. The van der Waals surface area contributed by atoms with Crippen LogP contribution in [0.15, 0.2) is 48.5 Å². The maximum absolute atomic E-state index is 12.7. The van der Waals surface area contributed by atoms with Crippen molar-refractivity contribution in [1.82, 2.24) is 0 Å². The Morgan fingerprint density at radius 3 is 2.46 bits per heavy atom. The number of anilines is 1. The molecule has 2 aromatic rings. The van der Waals surface area contributed by atoms with Crippen LogP contribution in [0, 0.1) is 0 Å². The molecule has 0 saturated heterocycles. The highest BCUT2D eigenvalue weighted by Crippen LogP contribution is 2.29. The molecule has 0 aliphatic carbocycles. The van der Waals surface area contributed by atoms with Gasteiger partial charge in [-0.3, -0.25) is 4.79 Å². The SMILES string of the molecule is CC(C)c1ccc(NC(=O)C2(C)Cc3ccccc3C(=O)O2)cc1. The van der Waals surface area contributed by atoms with E-state index < -0.39 is 11.6 Å². The van der Waals surface area contributed by atoms with Gasteiger partial charge < -0.3 is 10.1 Å². The lowest BCUT2D eigenvalue weighted by atomic mass is 9.89. The molecule has 4 nitrogen and oxygen atoms in total. The summed E-state index contributed by atoms with van der Waals surface area (Å²) in [5.74, 6) is -0.338. The topological polar surface area (TPSA) is 55.4 Å². The molecule has 1 aliphatic heterocycles. The molecule has 1 amide bonds. The Labute approximate surface area is 141 Å². The quantitative estimate of drug-likeness (QED) is 0.871. The van der Waals surface area contributed by atoms with E-state index in [1.54, 1.807) is 19.1 Å². The third-order valence-electron chi connectivity index (χ3n) is 4.40. The van der Waals surface area contributed by atoms with Crippen molar-refractivity contribution in [3.8, 4) is 0 Å². The first kappa shape index (κ1) is 16.2. The van der Waals surface area contributed by atoms with E-state index in [4.69, 9.17) is 4.74 Å². The monoisotopic (exact) mass is 323 g/mol. The van der Waals surface area contributed by atoms with Crippen molar-refractivity contribution in [2.24, 2.45) is 0 Å². The Kier molecular flexibility index (Phi) is 4.14. The van der Waals surface area contributed by atoms with E-state index in [1.165, 1.54) is 5.56 Å². The molecule has 0 bridgehead atoms. The molecule has 2 aromatic carbocycles. The van der Waals surface area contributed by atoms with Gasteiger partial charge in [0.15, 0.2) is 5.60 Å². The molecule has 1 N–H and O–H groups in total. The number of hydrogen-bond donors (Lipinski definition) is 1. The summed E-state index contributed by atoms with van der Waals surface area (Å²) in [6.45, 7) is 5.89. The standard InChI is InChI=1S/C20H21NO3/c1-13(2)14-8-10-16(11-9-14)21-19(23)20(3)12-15-6-4-5-7-17(15)18(22)24-20/h4-11,13H,12H2,1-3H3,(H,21,23). The van der Waals surface area contributed by atoms with Gasteiger partial charge in [-0.05, 0) is 42.2 Å². The lowest BCUT2D eigenvalue weighted by molar-refractivity contribution is -0.134. The van der Waals surface area contributed by atoms with Gasteiger partial charge in [0.1, 0.15) is 0 Å². The summed E-state index contributed by atoms with van der Waals surface area (Å²) in [5, 5.41) is 2.85. The van der Waals surface area contributed by atoms with E-state index in [1.807, 2.05) is 36.4 Å². The highest BCUT2D eigenvalue weighted by Gasteiger charge is 2.42. The van der Waals surface area contributed by atoms with Gasteiger partial charge in [0.2, 0.25) is 0 Å². The number of amides is 1. The Morgan fingerprint density at radius 2 is 1.79 bits per heavy atom. The number of carbonyl (C=O) groups excluding carboxylic acids is 2. The van der Waals surface area contributed by atoms with Crippen LogP contribution in [0.1, 0.15) is 48.2 Å². The second-order valence-electron chi connectivity index (χ2n) is 6.69. The number of rotatable bonds is 3. The van der Waals surface area contributed by atoms with Gasteiger partial charge >= 0.3 is 5.97 Å². The molecule has 1 heterocycles. The largest absolute Gasteiger partial charge is 0.445 e. The van der Waals surface area contributed by atoms with Crippen LogP contribution in [0.2, 0.25) is 0 Å². The normalized spacial score (nSPS) is 19.6. The average molecular weight is 323 g/mol. The van der Waals surface area contributed by atoms with E-state index in [2.05, 4.69) is 19.2 Å². The predicted molar refractivity (Wildman–Crippen MR) is 93.1 cm³/mol. The van der Waals surface area contributed by atoms with Crippen molar-refractivity contribution in [3.63, 3.8) is 0 Å². The first-order valence-corrected chi connectivity index (χ1v) is 8.12. The van der Waals surface area contributed by atoms with Gasteiger partial charge in [0.25, 0.3) is 5.91 Å². The number of ether oxygens (including phenoxy) is 1. The fourth-order valence-corrected chi connectivity index (χ4v) is 2.87. The maximum atomic E-state index is 12.7. The van der Waals surface area contributed by atoms with Gasteiger partial charge in [-0.2, -0.15) is 0 Å². The molecule has 0 fully saturated rings. The summed E-state index contributed by atoms with van der Waals surface area (Å²) >= 11 is 0. The van der Waals surface area contributed by atoms with E-state index in [9.17, 15) is 9.59 Å². The van der Waals surface area contributed by atoms with Crippen LogP contribution in [0.4, 0.5) is 5.69 Å². The van der Waals surface area contributed by atoms with Gasteiger partial charge in [-0.1, -0.05) is 44.2 Å². The molecule has 1 unspecified atom stereocenters. The van der Waals surface area contributed by atoms with Crippen LogP contribution in [-0.2, 0) is 16.0 Å². The van der Waals surface area contributed by atoms with Gasteiger partial charge in [-0.25, -0.2) is 4.79 Å². The van der Waals surface area contributed by atoms with Gasteiger partial charge in [0, 0.05) is 12.1 Å². The third kappa shape index (κ3) is 3.04. The van der Waals surface area contributed by atoms with Crippen LogP contribution in [0.3, 0.4) is 0 Å². The smallest absolute Gasteiger partial charge is 0.339 e. The minimum Gasteiger partial charge on any atom is -0.445 e. The number of hydrogen-bond acceptors (Lipinski definition) is 3. The lowest BCUT2D eigenvalue weighted by Crippen LogP contribution is -2.48. The van der Waals surface area contributed by atoms with Crippen molar-refractivity contribution in [3.05, 3.63) is 65.2 Å². The zero-order valence-electron chi connectivity index (χ0n) is 14.1. The molecule has 0 saturated carbocycles. The molecule has 4 heteroatoms. The molecular weight excluding hydrogens is 302 g/mol. The van der Waals surface area contributed by atoms with Crippen LogP contribution >= 0.6 is 0 Å². The molecule has 3 rings (SSSR count). The zero-order valence-corrected chi connectivity index (χ0v) is 14.1. The molecule has 24 heavy (non-hydrogen) atoms. The van der Waals surface area contributed by atoms with Gasteiger partial charge in [0.05, 0.1) is 5.56 Å². The minimum atomic E-state index is -1.21. The first-order valence-electron chi connectivity index (χ1n) is 8.12. The fraction of sp³-hybridized carbons (Fsp3) is 0.300. The first-order chi connectivity index (χ1) is 11.4. The number of cyclic esters (lactones) is 1. The average Bonchev–Trinajstić information content (AvgIpc) is 2.55. The summed E-state index contributed by atoms with van der Waals surface area (Å²) in [5.41, 5.74) is 2.06. The maximum Gasteiger partial charge on any atom is 0.339 e. The Bertz CT molecular complexity index is 780. The predicted octanol–water partition coefficient (Wildman–Crippen LogP) is 3.92. The van der Waals surface area contributed by atoms with Crippen LogP contribution < -0.4 is 5.32 Å². The number of benzene rings is 2. The van der Waals surface area contributed by atoms with E-state index in [-0.39, 0.29) is 5.91 Å². The second kappa shape index (κ2) is 6.11. The molecule has 1 aliphatic rings. The number of fused-ring (bicyclic) bond motifs is 1. The summed E-state index contributed by atoms with van der Waals surface area (Å²) in [7, 11) is 0. The summed E-state index contributed by atoms with van der Waals surface area (Å²) in [4.78, 5) is 24.9. The van der Waals surface area contributed by atoms with Crippen LogP contribution in [0.5, 0.6) is 0 Å². The second-order valence-corrected chi connectivity index (χ2v) is 6.69.